The Bertz CT molecular complexity index is 1190. The van der Waals surface area contributed by atoms with E-state index < -0.39 is 11.2 Å². The Balaban J connectivity index is 0.000000218. The molecule has 8 nitrogen and oxygen atoms in total. The van der Waals surface area contributed by atoms with Crippen LogP contribution in [0.5, 0.6) is 0 Å². The highest BCUT2D eigenvalue weighted by Gasteiger charge is 2.27. The lowest BCUT2D eigenvalue weighted by atomic mass is 10.1. The summed E-state index contributed by atoms with van der Waals surface area (Å²) in [5.41, 5.74) is 1.85. The lowest BCUT2D eigenvalue weighted by Gasteiger charge is -2.05. The number of imidazole rings is 1. The smallest absolute Gasteiger partial charge is 0.313 e. The highest BCUT2D eigenvalue weighted by atomic mass is 35.5. The number of aromatic nitrogens is 6. The second-order valence-electron chi connectivity index (χ2n) is 6.11. The first kappa shape index (κ1) is 17.2. The molecule has 27 heavy (non-hydrogen) atoms. The first-order valence-electron chi connectivity index (χ1n) is 8.34. The number of halogens is 1. The summed E-state index contributed by atoms with van der Waals surface area (Å²) in [6.45, 7) is 0. The molecule has 4 aromatic rings. The first-order valence-corrected chi connectivity index (χ1v) is 8.72. The fraction of sp³-hybridized carbons (Fsp3) is 0.167. The maximum Gasteiger partial charge on any atom is 0.325 e. The van der Waals surface area contributed by atoms with Crippen LogP contribution >= 0.6 is 11.6 Å². The predicted molar refractivity (Wildman–Crippen MR) is 101 cm³/mol. The van der Waals surface area contributed by atoms with E-state index in [9.17, 15) is 9.59 Å². The SMILES string of the molecule is Clc1cccnc1.O=c1[nH]cc(-c2cc(C3CC3)c3nccn3n2)c(=O)[nH]1. The van der Waals surface area contributed by atoms with E-state index in [1.807, 2.05) is 6.07 Å². The van der Waals surface area contributed by atoms with Gasteiger partial charge in [-0.1, -0.05) is 11.6 Å². The molecule has 0 spiro atoms. The molecular formula is C18H15ClN6O2. The van der Waals surface area contributed by atoms with Crippen molar-refractivity contribution in [3.05, 3.63) is 80.6 Å². The van der Waals surface area contributed by atoms with Crippen LogP contribution in [-0.4, -0.2) is 29.5 Å². The number of H-pyrrole nitrogens is 2. The topological polar surface area (TPSA) is 109 Å². The molecule has 0 aliphatic heterocycles. The van der Waals surface area contributed by atoms with Crippen molar-refractivity contribution in [1.82, 2.24) is 29.5 Å². The van der Waals surface area contributed by atoms with Crippen molar-refractivity contribution in [1.29, 1.82) is 0 Å². The van der Waals surface area contributed by atoms with E-state index >= 15 is 0 Å². The first-order chi connectivity index (χ1) is 13.1. The third-order valence-corrected chi connectivity index (χ3v) is 4.35. The van der Waals surface area contributed by atoms with Crippen molar-refractivity contribution >= 4 is 17.2 Å². The lowest BCUT2D eigenvalue weighted by Crippen LogP contribution is -2.23. The van der Waals surface area contributed by atoms with Crippen LogP contribution in [0.2, 0.25) is 5.02 Å². The normalized spacial score (nSPS) is 13.2. The molecule has 1 aliphatic carbocycles. The quantitative estimate of drug-likeness (QED) is 0.553. The number of aromatic amines is 2. The molecule has 4 aromatic heterocycles. The maximum atomic E-state index is 11.9. The zero-order chi connectivity index (χ0) is 18.8. The molecule has 0 atom stereocenters. The van der Waals surface area contributed by atoms with Gasteiger partial charge in [-0.05, 0) is 37.0 Å². The van der Waals surface area contributed by atoms with Gasteiger partial charge in [0.15, 0.2) is 5.65 Å². The van der Waals surface area contributed by atoms with Crippen LogP contribution in [0, 0.1) is 0 Å². The third-order valence-electron chi connectivity index (χ3n) is 4.13. The summed E-state index contributed by atoms with van der Waals surface area (Å²) < 4.78 is 1.67. The Labute approximate surface area is 157 Å². The third kappa shape index (κ3) is 3.80. The summed E-state index contributed by atoms with van der Waals surface area (Å²) in [4.78, 5) is 35.7. The summed E-state index contributed by atoms with van der Waals surface area (Å²) >= 11 is 5.48. The maximum absolute atomic E-state index is 11.9. The van der Waals surface area contributed by atoms with Crippen molar-refractivity contribution in [2.75, 3.05) is 0 Å². The van der Waals surface area contributed by atoms with Gasteiger partial charge in [0.25, 0.3) is 5.56 Å². The minimum atomic E-state index is -0.523. The molecule has 0 unspecified atom stereocenters. The molecule has 1 saturated carbocycles. The number of fused-ring (bicyclic) bond motifs is 1. The van der Waals surface area contributed by atoms with Gasteiger partial charge in [0, 0.05) is 36.5 Å². The molecule has 136 valence electrons. The molecule has 0 saturated heterocycles. The number of rotatable bonds is 2. The molecule has 5 rings (SSSR count). The Hall–Kier alpha value is -3.26. The fourth-order valence-electron chi connectivity index (χ4n) is 2.71. The summed E-state index contributed by atoms with van der Waals surface area (Å²) in [7, 11) is 0. The lowest BCUT2D eigenvalue weighted by molar-refractivity contribution is 0.913. The molecule has 0 radical (unpaired) electrons. The van der Waals surface area contributed by atoms with Crippen LogP contribution in [0.1, 0.15) is 24.3 Å². The second kappa shape index (κ2) is 7.16. The van der Waals surface area contributed by atoms with Crippen molar-refractivity contribution in [3.63, 3.8) is 0 Å². The van der Waals surface area contributed by atoms with Crippen molar-refractivity contribution in [2.45, 2.75) is 18.8 Å². The Morgan fingerprint density at radius 2 is 2.07 bits per heavy atom. The van der Waals surface area contributed by atoms with Gasteiger partial charge in [-0.2, -0.15) is 5.10 Å². The van der Waals surface area contributed by atoms with Crippen molar-refractivity contribution in [3.8, 4) is 11.3 Å². The minimum Gasteiger partial charge on any atom is -0.313 e. The summed E-state index contributed by atoms with van der Waals surface area (Å²) in [6, 6.07) is 5.47. The molecule has 1 aliphatic rings. The Morgan fingerprint density at radius 3 is 2.70 bits per heavy atom. The molecule has 0 bridgehead atoms. The van der Waals surface area contributed by atoms with Crippen LogP contribution in [0.4, 0.5) is 0 Å². The van der Waals surface area contributed by atoms with Crippen LogP contribution in [-0.2, 0) is 0 Å². The molecule has 1 fully saturated rings. The van der Waals surface area contributed by atoms with Crippen LogP contribution < -0.4 is 11.2 Å². The Morgan fingerprint density at radius 1 is 1.22 bits per heavy atom. The van der Waals surface area contributed by atoms with Gasteiger partial charge in [-0.3, -0.25) is 14.8 Å². The van der Waals surface area contributed by atoms with Gasteiger partial charge >= 0.3 is 5.69 Å². The zero-order valence-electron chi connectivity index (χ0n) is 14.1. The second-order valence-corrected chi connectivity index (χ2v) is 6.55. The number of hydrogen-bond donors (Lipinski definition) is 2. The van der Waals surface area contributed by atoms with Gasteiger partial charge in [-0.25, -0.2) is 14.3 Å². The van der Waals surface area contributed by atoms with Crippen LogP contribution in [0.3, 0.4) is 0 Å². The molecule has 9 heteroatoms. The zero-order valence-corrected chi connectivity index (χ0v) is 14.8. The van der Waals surface area contributed by atoms with E-state index in [1.165, 1.54) is 6.20 Å². The predicted octanol–water partition coefficient (Wildman–Crippen LogP) is 2.39. The fourth-order valence-corrected chi connectivity index (χ4v) is 2.84. The Kier molecular flexibility index (Phi) is 4.55. The average Bonchev–Trinajstić information content (AvgIpc) is 3.39. The monoisotopic (exact) mass is 382 g/mol. The van der Waals surface area contributed by atoms with E-state index in [0.717, 1.165) is 24.1 Å². The van der Waals surface area contributed by atoms with Crippen LogP contribution in [0.15, 0.2) is 58.8 Å². The number of nitrogens with zero attached hydrogens (tertiary/aromatic N) is 4. The summed E-state index contributed by atoms with van der Waals surface area (Å²) in [5.74, 6) is 0.489. The van der Waals surface area contributed by atoms with E-state index in [-0.39, 0.29) is 0 Å². The van der Waals surface area contributed by atoms with E-state index in [2.05, 4.69) is 25.0 Å². The summed E-state index contributed by atoms with van der Waals surface area (Å²) in [5, 5.41) is 5.06. The standard InChI is InChI=1S/C13H11N5O2.C5H4ClN/c19-12-9(6-15-13(20)16-12)10-5-8(7-1-2-7)11-14-3-4-18(11)17-10;6-5-2-1-3-7-4-5/h3-7H,1-2H2,(H2,15,16,19,20);1-4H. The van der Waals surface area contributed by atoms with E-state index in [1.54, 1.807) is 41.4 Å². The highest BCUT2D eigenvalue weighted by molar-refractivity contribution is 6.30. The summed E-state index contributed by atoms with van der Waals surface area (Å²) in [6.07, 6.45) is 10.4. The van der Waals surface area contributed by atoms with Gasteiger partial charge in [0.05, 0.1) is 16.3 Å². The van der Waals surface area contributed by atoms with Crippen molar-refractivity contribution in [2.24, 2.45) is 0 Å². The number of nitrogens with one attached hydrogen (secondary N) is 2. The average molecular weight is 383 g/mol. The van der Waals surface area contributed by atoms with Crippen LogP contribution in [0.25, 0.3) is 16.9 Å². The van der Waals surface area contributed by atoms with Crippen molar-refractivity contribution < 1.29 is 0 Å². The molecule has 2 N–H and O–H groups in total. The van der Waals surface area contributed by atoms with Gasteiger partial charge in [0.1, 0.15) is 0 Å². The van der Waals surface area contributed by atoms with Gasteiger partial charge < -0.3 is 4.98 Å². The van der Waals surface area contributed by atoms with E-state index in [4.69, 9.17) is 11.6 Å². The minimum absolute atomic E-state index is 0.349. The largest absolute Gasteiger partial charge is 0.325 e. The van der Waals surface area contributed by atoms with Gasteiger partial charge in [-0.15, -0.1) is 0 Å². The molecule has 4 heterocycles. The van der Waals surface area contributed by atoms with E-state index in [0.29, 0.717) is 22.2 Å². The highest BCUT2D eigenvalue weighted by Crippen LogP contribution is 2.42. The molecule has 0 amide bonds. The number of pyridine rings is 1. The molecule has 0 aromatic carbocycles. The number of hydrogen-bond acceptors (Lipinski definition) is 5. The molecular weight excluding hydrogens is 368 g/mol. The van der Waals surface area contributed by atoms with Gasteiger partial charge in [0.2, 0.25) is 0 Å².